The highest BCUT2D eigenvalue weighted by atomic mass is 16.3. The molecule has 0 heterocycles. The van der Waals surface area contributed by atoms with E-state index < -0.39 is 0 Å². The van der Waals surface area contributed by atoms with Gasteiger partial charge in [0.05, 0.1) is 6.10 Å². The lowest BCUT2D eigenvalue weighted by molar-refractivity contribution is 0.0984. The number of hydrogen-bond acceptors (Lipinski definition) is 2. The Morgan fingerprint density at radius 3 is 2.86 bits per heavy atom. The van der Waals surface area contributed by atoms with Crippen LogP contribution in [0.25, 0.3) is 0 Å². The molecule has 2 fully saturated rings. The predicted octanol–water partition coefficient (Wildman–Crippen LogP) is 1.45. The lowest BCUT2D eigenvalue weighted by Gasteiger charge is -2.42. The Balaban J connectivity index is 1.55. The zero-order chi connectivity index (χ0) is 9.54. The van der Waals surface area contributed by atoms with Crippen molar-refractivity contribution in [2.24, 2.45) is 11.8 Å². The quantitative estimate of drug-likeness (QED) is 0.651. The molecule has 2 heteroatoms. The number of rotatable bonds is 2. The molecule has 0 saturated heterocycles. The summed E-state index contributed by atoms with van der Waals surface area (Å²) in [5, 5.41) is 13.4. The van der Waals surface area contributed by atoms with Crippen molar-refractivity contribution in [3.63, 3.8) is 0 Å². The molecular weight excluding hydrogens is 174 g/mol. The van der Waals surface area contributed by atoms with Crippen LogP contribution in [-0.4, -0.2) is 23.3 Å². The summed E-state index contributed by atoms with van der Waals surface area (Å²) in [7, 11) is 0. The summed E-state index contributed by atoms with van der Waals surface area (Å²) >= 11 is 0. The van der Waals surface area contributed by atoms with Crippen LogP contribution in [-0.2, 0) is 0 Å². The van der Waals surface area contributed by atoms with Gasteiger partial charge in [-0.2, -0.15) is 0 Å². The molecule has 2 nitrogen and oxygen atoms in total. The van der Waals surface area contributed by atoms with E-state index in [-0.39, 0.29) is 6.10 Å². The minimum atomic E-state index is -0.0839. The Morgan fingerprint density at radius 2 is 2.14 bits per heavy atom. The first-order valence-corrected chi connectivity index (χ1v) is 5.95. The average molecular weight is 193 g/mol. The second-order valence-corrected chi connectivity index (χ2v) is 5.11. The van der Waals surface area contributed by atoms with Gasteiger partial charge in [0.1, 0.15) is 0 Å². The van der Waals surface area contributed by atoms with Crippen molar-refractivity contribution in [2.45, 2.75) is 50.3 Å². The molecule has 0 aliphatic heterocycles. The largest absolute Gasteiger partial charge is 0.392 e. The molecule has 3 aliphatic carbocycles. The van der Waals surface area contributed by atoms with Crippen molar-refractivity contribution in [2.75, 3.05) is 0 Å². The summed E-state index contributed by atoms with van der Waals surface area (Å²) in [6, 6.07) is 1.05. The molecule has 0 spiro atoms. The van der Waals surface area contributed by atoms with Crippen LogP contribution >= 0.6 is 0 Å². The molecule has 0 radical (unpaired) electrons. The fraction of sp³-hybridized carbons (Fsp3) is 0.833. The highest BCUT2D eigenvalue weighted by molar-refractivity contribution is 5.13. The summed E-state index contributed by atoms with van der Waals surface area (Å²) in [6.07, 6.45) is 10.6. The fourth-order valence-corrected chi connectivity index (χ4v) is 3.32. The number of aliphatic hydroxyl groups excluding tert-OH is 1. The second kappa shape index (κ2) is 3.35. The molecule has 0 aromatic carbocycles. The van der Waals surface area contributed by atoms with Crippen LogP contribution in [0.2, 0.25) is 0 Å². The molecule has 3 aliphatic rings. The molecule has 5 atom stereocenters. The minimum Gasteiger partial charge on any atom is -0.392 e. The van der Waals surface area contributed by atoms with Gasteiger partial charge in [0.25, 0.3) is 0 Å². The van der Waals surface area contributed by atoms with Gasteiger partial charge in [-0.25, -0.2) is 0 Å². The van der Waals surface area contributed by atoms with Gasteiger partial charge in [0.15, 0.2) is 0 Å². The van der Waals surface area contributed by atoms with E-state index in [1.54, 1.807) is 0 Å². The maximum absolute atomic E-state index is 9.72. The smallest absolute Gasteiger partial charge is 0.0693 e. The zero-order valence-electron chi connectivity index (χ0n) is 8.52. The Morgan fingerprint density at radius 1 is 1.21 bits per heavy atom. The van der Waals surface area contributed by atoms with Crippen molar-refractivity contribution < 1.29 is 5.11 Å². The maximum atomic E-state index is 9.72. The van der Waals surface area contributed by atoms with E-state index in [9.17, 15) is 5.11 Å². The molecule has 14 heavy (non-hydrogen) atoms. The third-order valence-corrected chi connectivity index (χ3v) is 4.27. The number of allylic oxidation sites excluding steroid dienone is 1. The van der Waals surface area contributed by atoms with E-state index in [2.05, 4.69) is 17.5 Å². The van der Waals surface area contributed by atoms with E-state index in [0.29, 0.717) is 12.1 Å². The lowest BCUT2D eigenvalue weighted by atomic mass is 9.71. The Labute approximate surface area is 85.4 Å². The van der Waals surface area contributed by atoms with Crippen LogP contribution < -0.4 is 5.32 Å². The molecule has 0 amide bonds. The summed E-state index contributed by atoms with van der Waals surface area (Å²) in [5.41, 5.74) is 0. The van der Waals surface area contributed by atoms with E-state index >= 15 is 0 Å². The van der Waals surface area contributed by atoms with Crippen molar-refractivity contribution in [1.29, 1.82) is 0 Å². The van der Waals surface area contributed by atoms with Crippen molar-refractivity contribution >= 4 is 0 Å². The highest BCUT2D eigenvalue weighted by Gasteiger charge is 2.42. The van der Waals surface area contributed by atoms with Gasteiger partial charge in [0.2, 0.25) is 0 Å². The molecule has 5 unspecified atom stereocenters. The van der Waals surface area contributed by atoms with Crippen LogP contribution in [0.15, 0.2) is 12.2 Å². The van der Waals surface area contributed by atoms with Crippen LogP contribution in [0, 0.1) is 11.8 Å². The number of fused-ring (bicyclic) bond motifs is 1. The number of hydrogen-bond donors (Lipinski definition) is 2. The van der Waals surface area contributed by atoms with Gasteiger partial charge < -0.3 is 10.4 Å². The first kappa shape index (κ1) is 8.93. The zero-order valence-corrected chi connectivity index (χ0v) is 8.52. The molecule has 3 rings (SSSR count). The van der Waals surface area contributed by atoms with Crippen molar-refractivity contribution in [3.05, 3.63) is 12.2 Å². The van der Waals surface area contributed by atoms with E-state index in [0.717, 1.165) is 18.3 Å². The van der Waals surface area contributed by atoms with Crippen LogP contribution in [0.1, 0.15) is 32.1 Å². The Bertz CT molecular complexity index is 251. The molecule has 0 bridgehead atoms. The highest BCUT2D eigenvalue weighted by Crippen LogP contribution is 2.43. The summed E-state index contributed by atoms with van der Waals surface area (Å²) in [4.78, 5) is 0. The standard InChI is InChI=1S/C12H19NO/c14-12-6-2-5-10(12)13-11-7-8-3-1-4-9(8)11/h1,4,8-14H,2-3,5-7H2. The molecule has 0 aromatic rings. The average Bonchev–Trinajstić information content (AvgIpc) is 2.69. The SMILES string of the molecule is OC1CCCC1NC1CC2CC=CC21. The first-order valence-electron chi connectivity index (χ1n) is 5.95. The lowest BCUT2D eigenvalue weighted by Crippen LogP contribution is -2.53. The number of nitrogens with one attached hydrogen (secondary N) is 1. The normalized spacial score (nSPS) is 50.5. The molecule has 2 saturated carbocycles. The van der Waals surface area contributed by atoms with E-state index in [1.807, 2.05) is 0 Å². The van der Waals surface area contributed by atoms with Crippen molar-refractivity contribution in [3.8, 4) is 0 Å². The Kier molecular flexibility index (Phi) is 2.14. The maximum Gasteiger partial charge on any atom is 0.0693 e. The summed E-state index contributed by atoms with van der Waals surface area (Å²) < 4.78 is 0. The predicted molar refractivity (Wildman–Crippen MR) is 55.9 cm³/mol. The number of aliphatic hydroxyl groups is 1. The molecule has 0 aromatic heterocycles. The monoisotopic (exact) mass is 193 g/mol. The third-order valence-electron chi connectivity index (χ3n) is 4.27. The summed E-state index contributed by atoms with van der Waals surface area (Å²) in [5.74, 6) is 1.70. The van der Waals surface area contributed by atoms with Crippen LogP contribution in [0.3, 0.4) is 0 Å². The third kappa shape index (κ3) is 1.32. The molecular formula is C12H19NO. The van der Waals surface area contributed by atoms with Gasteiger partial charge in [-0.05, 0) is 43.9 Å². The first-order chi connectivity index (χ1) is 6.84. The van der Waals surface area contributed by atoms with Crippen LogP contribution in [0.5, 0.6) is 0 Å². The molecule has 78 valence electrons. The topological polar surface area (TPSA) is 32.3 Å². The van der Waals surface area contributed by atoms with Gasteiger partial charge in [-0.15, -0.1) is 0 Å². The van der Waals surface area contributed by atoms with Crippen molar-refractivity contribution in [1.82, 2.24) is 5.32 Å². The van der Waals surface area contributed by atoms with Crippen LogP contribution in [0.4, 0.5) is 0 Å². The van der Waals surface area contributed by atoms with Gasteiger partial charge in [0, 0.05) is 12.1 Å². The molecule has 2 N–H and O–H groups in total. The van der Waals surface area contributed by atoms with E-state index in [4.69, 9.17) is 0 Å². The van der Waals surface area contributed by atoms with Gasteiger partial charge >= 0.3 is 0 Å². The fourth-order valence-electron chi connectivity index (χ4n) is 3.32. The van der Waals surface area contributed by atoms with E-state index in [1.165, 1.54) is 25.7 Å². The minimum absolute atomic E-state index is 0.0839. The van der Waals surface area contributed by atoms with Gasteiger partial charge in [-0.1, -0.05) is 12.2 Å². The Hall–Kier alpha value is -0.340. The second-order valence-electron chi connectivity index (χ2n) is 5.11. The van der Waals surface area contributed by atoms with Gasteiger partial charge in [-0.3, -0.25) is 0 Å². The summed E-state index contributed by atoms with van der Waals surface area (Å²) in [6.45, 7) is 0.